The van der Waals surface area contributed by atoms with Gasteiger partial charge in [-0.3, -0.25) is 14.1 Å². The first-order valence-corrected chi connectivity index (χ1v) is 13.2. The Balaban J connectivity index is 1.39. The number of nitrogens with zero attached hydrogens (tertiary/aromatic N) is 2. The lowest BCUT2D eigenvalue weighted by molar-refractivity contribution is -0.156. The average molecular weight is 534 g/mol. The maximum atomic E-state index is 13.9. The molecule has 2 unspecified atom stereocenters. The monoisotopic (exact) mass is 533 g/mol. The first-order chi connectivity index (χ1) is 18.2. The van der Waals surface area contributed by atoms with Crippen LogP contribution in [0.5, 0.6) is 5.75 Å². The Bertz CT molecular complexity index is 1450. The van der Waals surface area contributed by atoms with Crippen molar-refractivity contribution >= 4 is 40.3 Å². The summed E-state index contributed by atoms with van der Waals surface area (Å²) in [5.74, 6) is -0.427. The zero-order valence-corrected chi connectivity index (χ0v) is 22.1. The van der Waals surface area contributed by atoms with Gasteiger partial charge in [0.25, 0.3) is 0 Å². The summed E-state index contributed by atoms with van der Waals surface area (Å²) in [5.41, 5.74) is 2.15. The van der Waals surface area contributed by atoms with E-state index in [1.54, 1.807) is 42.9 Å². The van der Waals surface area contributed by atoms with E-state index in [1.807, 2.05) is 43.3 Å². The van der Waals surface area contributed by atoms with Gasteiger partial charge in [-0.2, -0.15) is 0 Å². The molecule has 3 heterocycles. The average Bonchev–Trinajstić information content (AvgIpc) is 3.52. The van der Waals surface area contributed by atoms with Crippen molar-refractivity contribution in [1.82, 2.24) is 9.97 Å². The summed E-state index contributed by atoms with van der Waals surface area (Å²) >= 11 is 1.42. The number of anilines is 1. The van der Waals surface area contributed by atoms with Crippen LogP contribution < -0.4 is 9.04 Å². The van der Waals surface area contributed by atoms with Crippen molar-refractivity contribution in [1.29, 1.82) is 0 Å². The van der Waals surface area contributed by atoms with Crippen molar-refractivity contribution in [2.75, 3.05) is 10.1 Å². The van der Waals surface area contributed by atoms with E-state index in [-0.39, 0.29) is 11.6 Å². The zero-order valence-electron chi connectivity index (χ0n) is 21.3. The number of hydrogen-bond donors (Lipinski definition) is 1. The third-order valence-electron chi connectivity index (χ3n) is 6.15. The molecule has 2 aromatic carbocycles. The minimum Gasteiger partial charge on any atom is -0.489 e. The number of esters is 1. The molecule has 1 fully saturated rings. The highest BCUT2D eigenvalue weighted by Crippen LogP contribution is 2.40. The summed E-state index contributed by atoms with van der Waals surface area (Å²) in [7, 11) is 0. The van der Waals surface area contributed by atoms with E-state index in [9.17, 15) is 14.0 Å². The number of halogens is 1. The van der Waals surface area contributed by atoms with E-state index in [2.05, 4.69) is 9.97 Å². The summed E-state index contributed by atoms with van der Waals surface area (Å²) in [6.45, 7) is 5.73. The van der Waals surface area contributed by atoms with Crippen LogP contribution in [0.4, 0.5) is 10.1 Å². The number of rotatable bonds is 7. The highest BCUT2D eigenvalue weighted by atomic mass is 32.2. The molecule has 1 N–H and O–H groups in total. The number of ether oxygens (including phenoxy) is 2. The van der Waals surface area contributed by atoms with Crippen molar-refractivity contribution in [2.24, 2.45) is 5.92 Å². The number of carbonyl (C=O) groups excluding carboxylic acids is 2. The second kappa shape index (κ2) is 10.5. The molecule has 2 atom stereocenters. The molecule has 0 amide bonds. The number of nitrogens with one attached hydrogen (secondary N) is 1. The maximum Gasteiger partial charge on any atom is 0.331 e. The van der Waals surface area contributed by atoms with Crippen LogP contribution >= 0.6 is 11.9 Å². The Labute approximate surface area is 224 Å². The molecule has 0 radical (unpaired) electrons. The number of ketones is 1. The molecule has 5 rings (SSSR count). The lowest BCUT2D eigenvalue weighted by Crippen LogP contribution is -2.44. The second-order valence-electron chi connectivity index (χ2n) is 10.1. The van der Waals surface area contributed by atoms with Crippen molar-refractivity contribution in [3.8, 4) is 5.75 Å². The number of pyridine rings is 1. The number of benzene rings is 2. The minimum absolute atomic E-state index is 0.133. The molecule has 196 valence electrons. The Morgan fingerprint density at radius 1 is 1.16 bits per heavy atom. The minimum atomic E-state index is -0.792. The first-order valence-electron chi connectivity index (χ1n) is 12.3. The standard InChI is InChI=1S/C29H28FN3O4S/c1-29(2,3)37-28(35)26-24(17-38-33(26)20-5-4-12-31-14-20)27(34)23-15-32-25-13-21(10-11-22(23)25)36-16-18-6-8-19(30)9-7-18/h4-15,24,26,32H,16-17H2,1-3H3. The first kappa shape index (κ1) is 25.8. The summed E-state index contributed by atoms with van der Waals surface area (Å²) in [5, 5.41) is 0.747. The van der Waals surface area contributed by atoms with E-state index in [1.165, 1.54) is 24.1 Å². The Morgan fingerprint density at radius 2 is 1.95 bits per heavy atom. The summed E-state index contributed by atoms with van der Waals surface area (Å²) in [6.07, 6.45) is 5.02. The molecular weight excluding hydrogens is 505 g/mol. The largest absolute Gasteiger partial charge is 0.489 e. The van der Waals surface area contributed by atoms with Gasteiger partial charge in [0.2, 0.25) is 0 Å². The van der Waals surface area contributed by atoms with Crippen LogP contribution in [0.1, 0.15) is 36.7 Å². The van der Waals surface area contributed by atoms with Crippen LogP contribution in [0.15, 0.2) is 73.2 Å². The number of hydrogen-bond acceptors (Lipinski definition) is 7. The van der Waals surface area contributed by atoms with Crippen molar-refractivity contribution < 1.29 is 23.5 Å². The van der Waals surface area contributed by atoms with Crippen molar-refractivity contribution in [3.05, 3.63) is 90.1 Å². The van der Waals surface area contributed by atoms with Crippen LogP contribution in [0.25, 0.3) is 10.9 Å². The van der Waals surface area contributed by atoms with Crippen LogP contribution in [0, 0.1) is 11.7 Å². The van der Waals surface area contributed by atoms with Gasteiger partial charge in [-0.25, -0.2) is 9.18 Å². The highest BCUT2D eigenvalue weighted by Gasteiger charge is 2.47. The summed E-state index contributed by atoms with van der Waals surface area (Å²) in [6, 6.07) is 14.5. The number of aromatic amines is 1. The molecule has 38 heavy (non-hydrogen) atoms. The Morgan fingerprint density at radius 3 is 2.66 bits per heavy atom. The fourth-order valence-corrected chi connectivity index (χ4v) is 5.71. The van der Waals surface area contributed by atoms with Gasteiger partial charge in [-0.05, 0) is 74.7 Å². The second-order valence-corrected chi connectivity index (χ2v) is 11.1. The summed E-state index contributed by atoms with van der Waals surface area (Å²) < 4.78 is 26.6. The van der Waals surface area contributed by atoms with Crippen LogP contribution in [-0.4, -0.2) is 39.1 Å². The molecule has 0 aliphatic carbocycles. The van der Waals surface area contributed by atoms with Gasteiger partial charge in [0.05, 0.1) is 17.8 Å². The van der Waals surface area contributed by atoms with Gasteiger partial charge in [0.15, 0.2) is 5.78 Å². The van der Waals surface area contributed by atoms with Crippen LogP contribution in [0.3, 0.4) is 0 Å². The Kier molecular flexibility index (Phi) is 7.12. The zero-order chi connectivity index (χ0) is 26.9. The molecule has 9 heteroatoms. The topological polar surface area (TPSA) is 84.5 Å². The Hall–Kier alpha value is -3.85. The number of carbonyl (C=O) groups is 2. The molecule has 1 aliphatic rings. The number of Topliss-reactive ketones (excluding diaryl/α,β-unsaturated/α-hetero) is 1. The molecule has 7 nitrogen and oxygen atoms in total. The number of H-pyrrole nitrogens is 1. The van der Waals surface area contributed by atoms with Gasteiger partial charge in [0.1, 0.15) is 29.8 Å². The number of fused-ring (bicyclic) bond motifs is 1. The van der Waals surface area contributed by atoms with Gasteiger partial charge in [0, 0.05) is 40.7 Å². The van der Waals surface area contributed by atoms with Gasteiger partial charge in [-0.1, -0.05) is 12.1 Å². The molecule has 0 saturated carbocycles. The van der Waals surface area contributed by atoms with E-state index in [0.29, 0.717) is 23.7 Å². The van der Waals surface area contributed by atoms with Crippen LogP contribution in [0.2, 0.25) is 0 Å². The fraction of sp³-hybridized carbons (Fsp3) is 0.276. The van der Waals surface area contributed by atoms with Gasteiger partial charge < -0.3 is 14.5 Å². The SMILES string of the molecule is CC(C)(C)OC(=O)C1C(C(=O)c2c[nH]c3cc(OCc4ccc(F)cc4)ccc23)CSN1c1cccnc1. The van der Waals surface area contributed by atoms with Gasteiger partial charge in [-0.15, -0.1) is 0 Å². The highest BCUT2D eigenvalue weighted by molar-refractivity contribution is 8.01. The lowest BCUT2D eigenvalue weighted by atomic mass is 9.91. The van der Waals surface area contributed by atoms with Crippen LogP contribution in [-0.2, 0) is 16.1 Å². The molecule has 2 aromatic heterocycles. The molecular formula is C29H28FN3O4S. The normalized spacial score (nSPS) is 17.5. The predicted molar refractivity (Wildman–Crippen MR) is 146 cm³/mol. The van der Waals surface area contributed by atoms with E-state index < -0.39 is 23.5 Å². The third-order valence-corrected chi connectivity index (χ3v) is 7.37. The number of aromatic nitrogens is 2. The summed E-state index contributed by atoms with van der Waals surface area (Å²) in [4.78, 5) is 34.6. The van der Waals surface area contributed by atoms with E-state index >= 15 is 0 Å². The third kappa shape index (κ3) is 5.52. The molecule has 0 spiro atoms. The fourth-order valence-electron chi connectivity index (χ4n) is 4.40. The smallest absolute Gasteiger partial charge is 0.331 e. The predicted octanol–water partition coefficient (Wildman–Crippen LogP) is 5.96. The molecule has 4 aromatic rings. The molecule has 0 bridgehead atoms. The van der Waals surface area contributed by atoms with Gasteiger partial charge >= 0.3 is 5.97 Å². The molecule has 1 aliphatic heterocycles. The maximum absolute atomic E-state index is 13.9. The molecule has 1 saturated heterocycles. The quantitative estimate of drug-likeness (QED) is 0.178. The lowest BCUT2D eigenvalue weighted by Gasteiger charge is -2.29. The van der Waals surface area contributed by atoms with Crippen molar-refractivity contribution in [3.63, 3.8) is 0 Å². The van der Waals surface area contributed by atoms with Crippen molar-refractivity contribution in [2.45, 2.75) is 39.0 Å². The van der Waals surface area contributed by atoms with E-state index in [4.69, 9.17) is 9.47 Å². The van der Waals surface area contributed by atoms with E-state index in [0.717, 1.165) is 22.2 Å².